The highest BCUT2D eigenvalue weighted by Crippen LogP contribution is 2.15. The molecule has 18 heavy (non-hydrogen) atoms. The SMILES string of the molecule is O=C(COc1ccccc1F)NCc1cccs1. The third kappa shape index (κ3) is 3.56. The van der Waals surface area contributed by atoms with Crippen molar-refractivity contribution in [1.29, 1.82) is 0 Å². The number of thiophene rings is 1. The van der Waals surface area contributed by atoms with Crippen LogP contribution in [0, 0.1) is 5.82 Å². The number of nitrogens with one attached hydrogen (secondary N) is 1. The number of carbonyl (C=O) groups is 1. The van der Waals surface area contributed by atoms with Crippen molar-refractivity contribution in [3.05, 3.63) is 52.5 Å². The number of ether oxygens (including phenoxy) is 1. The van der Waals surface area contributed by atoms with Crippen LogP contribution >= 0.6 is 11.3 Å². The molecule has 0 aliphatic heterocycles. The fourth-order valence-electron chi connectivity index (χ4n) is 1.35. The molecule has 5 heteroatoms. The topological polar surface area (TPSA) is 38.3 Å². The molecule has 0 radical (unpaired) electrons. The molecule has 1 amide bonds. The maximum absolute atomic E-state index is 13.2. The summed E-state index contributed by atoms with van der Waals surface area (Å²) >= 11 is 1.57. The van der Waals surface area contributed by atoms with Crippen LogP contribution < -0.4 is 10.1 Å². The lowest BCUT2D eigenvalue weighted by molar-refractivity contribution is -0.123. The zero-order valence-corrected chi connectivity index (χ0v) is 10.4. The number of benzene rings is 1. The predicted octanol–water partition coefficient (Wildman–Crippen LogP) is 2.58. The van der Waals surface area contributed by atoms with Gasteiger partial charge in [0.1, 0.15) is 0 Å². The minimum Gasteiger partial charge on any atom is -0.481 e. The molecule has 94 valence electrons. The van der Waals surface area contributed by atoms with E-state index in [1.54, 1.807) is 23.5 Å². The van der Waals surface area contributed by atoms with E-state index in [0.29, 0.717) is 6.54 Å². The monoisotopic (exact) mass is 265 g/mol. The molecule has 2 aromatic rings. The van der Waals surface area contributed by atoms with E-state index in [0.717, 1.165) is 4.88 Å². The maximum Gasteiger partial charge on any atom is 0.258 e. The van der Waals surface area contributed by atoms with E-state index >= 15 is 0 Å². The first-order valence-corrected chi connectivity index (χ1v) is 6.30. The van der Waals surface area contributed by atoms with Gasteiger partial charge in [-0.2, -0.15) is 0 Å². The van der Waals surface area contributed by atoms with Crippen LogP contribution in [0.3, 0.4) is 0 Å². The second kappa shape index (κ2) is 6.16. The van der Waals surface area contributed by atoms with Gasteiger partial charge in [-0.15, -0.1) is 11.3 Å². The average molecular weight is 265 g/mol. The van der Waals surface area contributed by atoms with Gasteiger partial charge >= 0.3 is 0 Å². The Labute approximate surface area is 108 Å². The Bertz CT molecular complexity index is 513. The van der Waals surface area contributed by atoms with Crippen LogP contribution in [0.25, 0.3) is 0 Å². The molecular weight excluding hydrogens is 253 g/mol. The lowest BCUT2D eigenvalue weighted by Crippen LogP contribution is -2.28. The molecule has 0 saturated carbocycles. The van der Waals surface area contributed by atoms with Gasteiger partial charge in [-0.3, -0.25) is 4.79 Å². The van der Waals surface area contributed by atoms with Gasteiger partial charge in [0.15, 0.2) is 18.2 Å². The number of hydrogen-bond acceptors (Lipinski definition) is 3. The quantitative estimate of drug-likeness (QED) is 0.902. The largest absolute Gasteiger partial charge is 0.481 e. The van der Waals surface area contributed by atoms with E-state index < -0.39 is 5.82 Å². The molecule has 2 rings (SSSR count). The van der Waals surface area contributed by atoms with E-state index in [1.807, 2.05) is 17.5 Å². The molecule has 0 fully saturated rings. The summed E-state index contributed by atoms with van der Waals surface area (Å²) in [6.45, 7) is 0.281. The molecule has 3 nitrogen and oxygen atoms in total. The normalized spacial score (nSPS) is 10.1. The van der Waals surface area contributed by atoms with Gasteiger partial charge in [0, 0.05) is 4.88 Å². The number of halogens is 1. The molecule has 0 bridgehead atoms. The van der Waals surface area contributed by atoms with Gasteiger partial charge in [-0.05, 0) is 23.6 Å². The van der Waals surface area contributed by atoms with E-state index in [4.69, 9.17) is 4.74 Å². The number of para-hydroxylation sites is 1. The summed E-state index contributed by atoms with van der Waals surface area (Å²) in [7, 11) is 0. The van der Waals surface area contributed by atoms with E-state index in [2.05, 4.69) is 5.32 Å². The van der Waals surface area contributed by atoms with Crippen molar-refractivity contribution in [2.45, 2.75) is 6.54 Å². The van der Waals surface area contributed by atoms with Gasteiger partial charge in [0.2, 0.25) is 0 Å². The number of rotatable bonds is 5. The first-order valence-electron chi connectivity index (χ1n) is 5.42. The summed E-state index contributed by atoms with van der Waals surface area (Å²) in [5.41, 5.74) is 0. The Balaban J connectivity index is 1.77. The second-order valence-electron chi connectivity index (χ2n) is 3.58. The average Bonchev–Trinajstić information content (AvgIpc) is 2.88. The van der Waals surface area contributed by atoms with Crippen molar-refractivity contribution in [2.24, 2.45) is 0 Å². The molecule has 1 aromatic heterocycles. The van der Waals surface area contributed by atoms with Crippen LogP contribution in [0.15, 0.2) is 41.8 Å². The van der Waals surface area contributed by atoms with Crippen LogP contribution in [0.4, 0.5) is 4.39 Å². The van der Waals surface area contributed by atoms with Crippen molar-refractivity contribution in [2.75, 3.05) is 6.61 Å². The number of amides is 1. The minimum absolute atomic E-state index is 0.0868. The Morgan fingerprint density at radius 2 is 2.11 bits per heavy atom. The third-order valence-electron chi connectivity index (χ3n) is 2.24. The molecule has 0 aliphatic rings. The lowest BCUT2D eigenvalue weighted by atomic mass is 10.3. The summed E-state index contributed by atoms with van der Waals surface area (Å²) < 4.78 is 18.3. The summed E-state index contributed by atoms with van der Waals surface area (Å²) in [5.74, 6) is -0.654. The number of carbonyl (C=O) groups excluding carboxylic acids is 1. The molecule has 0 unspecified atom stereocenters. The van der Waals surface area contributed by atoms with Gasteiger partial charge < -0.3 is 10.1 Å². The van der Waals surface area contributed by atoms with Crippen LogP contribution in [-0.2, 0) is 11.3 Å². The zero-order valence-electron chi connectivity index (χ0n) is 9.56. The predicted molar refractivity (Wildman–Crippen MR) is 68.1 cm³/mol. The van der Waals surface area contributed by atoms with Gasteiger partial charge in [-0.25, -0.2) is 4.39 Å². The first kappa shape index (κ1) is 12.6. The molecule has 1 N–H and O–H groups in total. The Hall–Kier alpha value is -1.88. The fourth-order valence-corrected chi connectivity index (χ4v) is 2.00. The smallest absolute Gasteiger partial charge is 0.258 e. The summed E-state index contributed by atoms with van der Waals surface area (Å²) in [4.78, 5) is 12.5. The van der Waals surface area contributed by atoms with Crippen molar-refractivity contribution >= 4 is 17.2 Å². The van der Waals surface area contributed by atoms with Crippen molar-refractivity contribution in [3.8, 4) is 5.75 Å². The van der Waals surface area contributed by atoms with Crippen LogP contribution in [0.1, 0.15) is 4.88 Å². The molecular formula is C13H12FNO2S. The van der Waals surface area contributed by atoms with Crippen LogP contribution in [0.5, 0.6) is 5.75 Å². The standard InChI is InChI=1S/C13H12FNO2S/c14-11-5-1-2-6-12(11)17-9-13(16)15-8-10-4-3-7-18-10/h1-7H,8-9H2,(H,15,16). The second-order valence-corrected chi connectivity index (χ2v) is 4.61. The van der Waals surface area contributed by atoms with Crippen molar-refractivity contribution < 1.29 is 13.9 Å². The van der Waals surface area contributed by atoms with Crippen LogP contribution in [0.2, 0.25) is 0 Å². The number of hydrogen-bond donors (Lipinski definition) is 1. The molecule has 1 aromatic carbocycles. The fraction of sp³-hybridized carbons (Fsp3) is 0.154. The summed E-state index contributed by atoms with van der Waals surface area (Å²) in [6, 6.07) is 9.85. The highest BCUT2D eigenvalue weighted by atomic mass is 32.1. The van der Waals surface area contributed by atoms with E-state index in [-0.39, 0.29) is 18.3 Å². The van der Waals surface area contributed by atoms with Gasteiger partial charge in [0.25, 0.3) is 5.91 Å². The molecule has 0 spiro atoms. The third-order valence-corrected chi connectivity index (χ3v) is 3.11. The van der Waals surface area contributed by atoms with Crippen molar-refractivity contribution in [1.82, 2.24) is 5.32 Å². The highest BCUT2D eigenvalue weighted by molar-refractivity contribution is 7.09. The molecule has 0 saturated heterocycles. The van der Waals surface area contributed by atoms with E-state index in [1.165, 1.54) is 12.1 Å². The zero-order chi connectivity index (χ0) is 12.8. The Kier molecular flexibility index (Phi) is 4.30. The first-order chi connectivity index (χ1) is 8.75. The Morgan fingerprint density at radius 3 is 2.83 bits per heavy atom. The maximum atomic E-state index is 13.2. The molecule has 0 atom stereocenters. The van der Waals surface area contributed by atoms with Gasteiger partial charge in [0.05, 0.1) is 6.54 Å². The van der Waals surface area contributed by atoms with E-state index in [9.17, 15) is 9.18 Å². The Morgan fingerprint density at radius 1 is 1.28 bits per heavy atom. The lowest BCUT2D eigenvalue weighted by Gasteiger charge is -2.07. The highest BCUT2D eigenvalue weighted by Gasteiger charge is 2.06. The molecule has 0 aliphatic carbocycles. The van der Waals surface area contributed by atoms with Crippen molar-refractivity contribution in [3.63, 3.8) is 0 Å². The minimum atomic E-state index is -0.469. The summed E-state index contributed by atoms with van der Waals surface area (Å²) in [6.07, 6.45) is 0. The van der Waals surface area contributed by atoms with Gasteiger partial charge in [-0.1, -0.05) is 18.2 Å². The van der Waals surface area contributed by atoms with Crippen LogP contribution in [-0.4, -0.2) is 12.5 Å². The summed E-state index contributed by atoms with van der Waals surface area (Å²) in [5, 5.41) is 4.64. The molecule has 1 heterocycles.